The number of aliphatic carboxylic acids is 1. The van der Waals surface area contributed by atoms with Crippen molar-refractivity contribution in [2.24, 2.45) is 52.3 Å². The summed E-state index contributed by atoms with van der Waals surface area (Å²) >= 11 is 0. The fourth-order valence-corrected chi connectivity index (χ4v) is 9.16. The monoisotopic (exact) mass is 418 g/mol. The SMILES string of the molecule is CC[C@H]1C(=O)C2C3CCC([C@H](C)CCC(=O)O)[C@@]3(C)CCC2[C@@]2(C)CCC(O)CC12. The third-order valence-electron chi connectivity index (χ3n) is 10.7. The van der Waals surface area contributed by atoms with Crippen molar-refractivity contribution in [3.63, 3.8) is 0 Å². The van der Waals surface area contributed by atoms with Gasteiger partial charge in [0, 0.05) is 18.3 Å². The van der Waals surface area contributed by atoms with Crippen molar-refractivity contribution < 1.29 is 19.8 Å². The Morgan fingerprint density at radius 1 is 1.07 bits per heavy atom. The molecule has 6 unspecified atom stereocenters. The molecule has 0 aliphatic heterocycles. The number of carbonyl (C=O) groups excluding carboxylic acids is 1. The van der Waals surface area contributed by atoms with Crippen molar-refractivity contribution in [3.05, 3.63) is 0 Å². The lowest BCUT2D eigenvalue weighted by Gasteiger charge is -2.62. The first-order valence-electron chi connectivity index (χ1n) is 12.6. The van der Waals surface area contributed by atoms with Gasteiger partial charge in [0.05, 0.1) is 6.10 Å². The number of carboxylic acid groups (broad SMARTS) is 1. The average molecular weight is 419 g/mol. The van der Waals surface area contributed by atoms with Gasteiger partial charge in [-0.1, -0.05) is 27.7 Å². The van der Waals surface area contributed by atoms with E-state index >= 15 is 0 Å². The normalized spacial score (nSPS) is 49.1. The van der Waals surface area contributed by atoms with E-state index in [1.807, 2.05) is 0 Å². The van der Waals surface area contributed by atoms with Gasteiger partial charge in [-0.15, -0.1) is 0 Å². The number of aliphatic hydroxyl groups is 1. The van der Waals surface area contributed by atoms with Crippen LogP contribution < -0.4 is 0 Å². The summed E-state index contributed by atoms with van der Waals surface area (Å²) in [6.45, 7) is 9.28. The van der Waals surface area contributed by atoms with E-state index in [0.29, 0.717) is 35.4 Å². The molecule has 4 fully saturated rings. The van der Waals surface area contributed by atoms with Crippen LogP contribution in [0.2, 0.25) is 0 Å². The molecule has 4 aliphatic carbocycles. The molecule has 4 rings (SSSR count). The molecule has 0 aromatic carbocycles. The second kappa shape index (κ2) is 7.90. The predicted octanol–water partition coefficient (Wildman–Crippen LogP) is 5.32. The van der Waals surface area contributed by atoms with Crippen molar-refractivity contribution in [1.82, 2.24) is 0 Å². The number of rotatable bonds is 5. The summed E-state index contributed by atoms with van der Waals surface area (Å²) in [5.41, 5.74) is 0.358. The fourth-order valence-electron chi connectivity index (χ4n) is 9.16. The average Bonchev–Trinajstić information content (AvgIpc) is 3.05. The van der Waals surface area contributed by atoms with Gasteiger partial charge in [-0.2, -0.15) is 0 Å². The van der Waals surface area contributed by atoms with Crippen LogP contribution in [-0.4, -0.2) is 28.1 Å². The van der Waals surface area contributed by atoms with Crippen LogP contribution >= 0.6 is 0 Å². The van der Waals surface area contributed by atoms with Gasteiger partial charge in [-0.25, -0.2) is 0 Å². The maximum absolute atomic E-state index is 13.9. The standard InChI is InChI=1S/C26H42O4/c1-5-17-21-14-16(27)10-12-26(21,4)20-11-13-25(3)18(15(2)6-9-22(28)29)7-8-19(25)23(20)24(17)30/h15-21,23,27H,5-14H2,1-4H3,(H,28,29)/t15-,16?,17-,18?,19?,20?,21?,23?,25-,26-/m1/s1. The Kier molecular flexibility index (Phi) is 5.87. The number of hydrogen-bond donors (Lipinski definition) is 2. The molecule has 4 aliphatic rings. The molecule has 0 aromatic heterocycles. The summed E-state index contributed by atoms with van der Waals surface area (Å²) in [7, 11) is 0. The van der Waals surface area contributed by atoms with Crippen molar-refractivity contribution in [2.45, 2.75) is 98.0 Å². The number of carbonyl (C=O) groups is 2. The van der Waals surface area contributed by atoms with Gasteiger partial charge in [-0.3, -0.25) is 9.59 Å². The zero-order valence-corrected chi connectivity index (χ0v) is 19.4. The topological polar surface area (TPSA) is 74.6 Å². The summed E-state index contributed by atoms with van der Waals surface area (Å²) in [5, 5.41) is 19.5. The molecule has 30 heavy (non-hydrogen) atoms. The molecule has 0 bridgehead atoms. The molecule has 0 radical (unpaired) electrons. The van der Waals surface area contributed by atoms with Gasteiger partial charge in [-0.05, 0) is 98.2 Å². The molecule has 4 heteroatoms. The number of aliphatic hydroxyl groups excluding tert-OH is 1. The zero-order valence-electron chi connectivity index (χ0n) is 19.4. The van der Waals surface area contributed by atoms with E-state index in [1.54, 1.807) is 0 Å². The van der Waals surface area contributed by atoms with E-state index in [9.17, 15) is 14.7 Å². The molecular formula is C26H42O4. The lowest BCUT2D eigenvalue weighted by atomic mass is 9.42. The maximum atomic E-state index is 13.9. The highest BCUT2D eigenvalue weighted by atomic mass is 16.4. The number of fused-ring (bicyclic) bond motifs is 5. The fraction of sp³-hybridized carbons (Fsp3) is 0.923. The van der Waals surface area contributed by atoms with E-state index in [4.69, 9.17) is 5.11 Å². The summed E-state index contributed by atoms with van der Waals surface area (Å²) in [6.07, 6.45) is 9.01. The highest BCUT2D eigenvalue weighted by Crippen LogP contribution is 2.68. The number of Topliss-reactive ketones (excluding diaryl/α,β-unsaturated/α-hetero) is 1. The molecule has 10 atom stereocenters. The zero-order chi connectivity index (χ0) is 21.8. The van der Waals surface area contributed by atoms with Gasteiger partial charge in [0.15, 0.2) is 0 Å². The largest absolute Gasteiger partial charge is 0.481 e. The van der Waals surface area contributed by atoms with Gasteiger partial charge in [0.2, 0.25) is 0 Å². The third kappa shape index (κ3) is 3.27. The number of carboxylic acids is 1. The summed E-state index contributed by atoms with van der Waals surface area (Å²) in [5.74, 6) is 2.31. The van der Waals surface area contributed by atoms with E-state index < -0.39 is 5.97 Å². The number of hydrogen-bond acceptors (Lipinski definition) is 3. The lowest BCUT2D eigenvalue weighted by Crippen LogP contribution is -2.60. The quantitative estimate of drug-likeness (QED) is 0.633. The Hall–Kier alpha value is -0.900. The van der Waals surface area contributed by atoms with Crippen LogP contribution in [0.5, 0.6) is 0 Å². The molecule has 0 spiro atoms. The third-order valence-corrected chi connectivity index (χ3v) is 10.7. The van der Waals surface area contributed by atoms with E-state index in [2.05, 4.69) is 27.7 Å². The van der Waals surface area contributed by atoms with Crippen LogP contribution in [0.4, 0.5) is 0 Å². The molecule has 0 aromatic rings. The van der Waals surface area contributed by atoms with Gasteiger partial charge in [0.25, 0.3) is 0 Å². The summed E-state index contributed by atoms with van der Waals surface area (Å²) < 4.78 is 0. The molecule has 0 heterocycles. The predicted molar refractivity (Wildman–Crippen MR) is 117 cm³/mol. The minimum absolute atomic E-state index is 0.108. The lowest BCUT2D eigenvalue weighted by molar-refractivity contribution is -0.173. The van der Waals surface area contributed by atoms with E-state index in [1.165, 1.54) is 6.42 Å². The Morgan fingerprint density at radius 3 is 2.40 bits per heavy atom. The van der Waals surface area contributed by atoms with Crippen LogP contribution in [0.25, 0.3) is 0 Å². The van der Waals surface area contributed by atoms with Crippen molar-refractivity contribution in [2.75, 3.05) is 0 Å². The summed E-state index contributed by atoms with van der Waals surface area (Å²) in [6, 6.07) is 0. The second-order valence-electron chi connectivity index (χ2n) is 11.8. The highest BCUT2D eigenvalue weighted by molar-refractivity contribution is 5.86. The molecular weight excluding hydrogens is 376 g/mol. The van der Waals surface area contributed by atoms with E-state index in [0.717, 1.165) is 51.4 Å². The maximum Gasteiger partial charge on any atom is 0.303 e. The second-order valence-corrected chi connectivity index (χ2v) is 11.8. The first-order valence-corrected chi connectivity index (χ1v) is 12.6. The smallest absolute Gasteiger partial charge is 0.303 e. The van der Waals surface area contributed by atoms with Crippen molar-refractivity contribution >= 4 is 11.8 Å². The van der Waals surface area contributed by atoms with Crippen molar-refractivity contribution in [3.8, 4) is 0 Å². The Bertz CT molecular complexity index is 689. The summed E-state index contributed by atoms with van der Waals surface area (Å²) in [4.78, 5) is 25.0. The first kappa shape index (κ1) is 22.3. The van der Waals surface area contributed by atoms with Gasteiger partial charge in [0.1, 0.15) is 5.78 Å². The van der Waals surface area contributed by atoms with Crippen LogP contribution in [0, 0.1) is 52.3 Å². The van der Waals surface area contributed by atoms with Crippen LogP contribution in [-0.2, 0) is 9.59 Å². The Labute approximate surface area is 182 Å². The molecule has 0 saturated heterocycles. The van der Waals surface area contributed by atoms with Crippen LogP contribution in [0.1, 0.15) is 91.9 Å². The first-order chi connectivity index (χ1) is 14.1. The van der Waals surface area contributed by atoms with E-state index in [-0.39, 0.29) is 35.2 Å². The minimum Gasteiger partial charge on any atom is -0.481 e. The highest BCUT2D eigenvalue weighted by Gasteiger charge is 2.65. The minimum atomic E-state index is -0.697. The van der Waals surface area contributed by atoms with Crippen molar-refractivity contribution in [1.29, 1.82) is 0 Å². The van der Waals surface area contributed by atoms with Gasteiger partial charge < -0.3 is 10.2 Å². The number of ketones is 1. The van der Waals surface area contributed by atoms with Crippen LogP contribution in [0.3, 0.4) is 0 Å². The molecule has 170 valence electrons. The Balaban J connectivity index is 1.62. The van der Waals surface area contributed by atoms with Gasteiger partial charge >= 0.3 is 5.97 Å². The molecule has 4 nitrogen and oxygen atoms in total. The molecule has 2 N–H and O–H groups in total. The van der Waals surface area contributed by atoms with Crippen LogP contribution in [0.15, 0.2) is 0 Å². The molecule has 4 saturated carbocycles. The molecule has 0 amide bonds. The Morgan fingerprint density at radius 2 is 1.73 bits per heavy atom.